The molecule has 0 saturated heterocycles. The van der Waals surface area contributed by atoms with Crippen molar-refractivity contribution in [1.29, 1.82) is 0 Å². The molecule has 0 radical (unpaired) electrons. The number of aryl methyl sites for hydroxylation is 1. The van der Waals surface area contributed by atoms with Crippen LogP contribution in [-0.4, -0.2) is 30.4 Å². The highest BCUT2D eigenvalue weighted by Crippen LogP contribution is 2.27. The topological polar surface area (TPSA) is 41.5 Å². The smallest absolute Gasteiger partial charge is 0.122 e. The second kappa shape index (κ2) is 7.28. The van der Waals surface area contributed by atoms with Gasteiger partial charge in [-0.2, -0.15) is 0 Å². The van der Waals surface area contributed by atoms with Crippen molar-refractivity contribution in [3.05, 3.63) is 29.3 Å². The zero-order chi connectivity index (χ0) is 16.1. The first-order chi connectivity index (χ1) is 9.65. The number of hydrogen-bond donors (Lipinski definition) is 2. The second-order valence-corrected chi connectivity index (χ2v) is 7.19. The molecule has 0 amide bonds. The highest BCUT2D eigenvalue weighted by atomic mass is 16.5. The summed E-state index contributed by atoms with van der Waals surface area (Å²) in [6, 6.07) is 6.28. The van der Waals surface area contributed by atoms with Crippen LogP contribution in [0.5, 0.6) is 5.75 Å². The van der Waals surface area contributed by atoms with Gasteiger partial charge in [0.1, 0.15) is 18.0 Å². The van der Waals surface area contributed by atoms with Crippen molar-refractivity contribution in [3.63, 3.8) is 0 Å². The van der Waals surface area contributed by atoms with Crippen LogP contribution >= 0.6 is 0 Å². The van der Waals surface area contributed by atoms with Crippen LogP contribution in [0.1, 0.15) is 52.2 Å². The van der Waals surface area contributed by atoms with E-state index >= 15 is 0 Å². The van der Waals surface area contributed by atoms with Crippen molar-refractivity contribution >= 4 is 0 Å². The van der Waals surface area contributed by atoms with E-state index in [0.29, 0.717) is 13.2 Å². The molecule has 1 aromatic carbocycles. The van der Waals surface area contributed by atoms with Gasteiger partial charge in [-0.15, -0.1) is 0 Å². The summed E-state index contributed by atoms with van der Waals surface area (Å²) in [5.41, 5.74) is 1.69. The summed E-state index contributed by atoms with van der Waals surface area (Å²) in [5.74, 6) is 0.846. The summed E-state index contributed by atoms with van der Waals surface area (Å²) in [5, 5.41) is 13.5. The monoisotopic (exact) mass is 293 g/mol. The maximum absolute atomic E-state index is 10.3. The van der Waals surface area contributed by atoms with Gasteiger partial charge in [0.25, 0.3) is 0 Å². The summed E-state index contributed by atoms with van der Waals surface area (Å²) in [6.45, 7) is 14.3. The molecule has 0 aliphatic carbocycles. The van der Waals surface area contributed by atoms with Crippen LogP contribution in [0.4, 0.5) is 0 Å². The van der Waals surface area contributed by atoms with Gasteiger partial charge in [-0.25, -0.2) is 0 Å². The van der Waals surface area contributed by atoms with E-state index < -0.39 is 5.60 Å². The van der Waals surface area contributed by atoms with Gasteiger partial charge in [0.05, 0.1) is 0 Å². The Morgan fingerprint density at radius 1 is 1.19 bits per heavy atom. The van der Waals surface area contributed by atoms with Crippen molar-refractivity contribution in [2.75, 3.05) is 19.7 Å². The molecule has 0 aliphatic heterocycles. The summed E-state index contributed by atoms with van der Waals surface area (Å²) in [6.07, 6.45) is 1.06. The zero-order valence-electron chi connectivity index (χ0n) is 14.4. The van der Waals surface area contributed by atoms with E-state index in [1.165, 1.54) is 5.56 Å². The third kappa shape index (κ3) is 6.06. The number of ether oxygens (including phenoxy) is 1. The van der Waals surface area contributed by atoms with Gasteiger partial charge in [0.2, 0.25) is 0 Å². The molecule has 0 aromatic heterocycles. The highest BCUT2D eigenvalue weighted by molar-refractivity contribution is 5.38. The minimum Gasteiger partial charge on any atom is -0.490 e. The standard InChI is InChI=1S/C18H31NO2/c1-7-10-19-12-18(6,20)13-21-16-9-8-15(11-14(16)2)17(3,4)5/h8-9,11,19-20H,7,10,12-13H2,1-6H3. The Morgan fingerprint density at radius 3 is 2.38 bits per heavy atom. The van der Waals surface area contributed by atoms with Gasteiger partial charge in [-0.1, -0.05) is 39.8 Å². The lowest BCUT2D eigenvalue weighted by Crippen LogP contribution is -2.43. The molecule has 1 aromatic rings. The molecule has 0 saturated carbocycles. The summed E-state index contributed by atoms with van der Waals surface area (Å²) < 4.78 is 5.81. The fourth-order valence-corrected chi connectivity index (χ4v) is 2.10. The highest BCUT2D eigenvalue weighted by Gasteiger charge is 2.21. The lowest BCUT2D eigenvalue weighted by Gasteiger charge is -2.25. The number of rotatable bonds is 7. The van der Waals surface area contributed by atoms with E-state index in [-0.39, 0.29) is 5.41 Å². The molecular formula is C18H31NO2. The zero-order valence-corrected chi connectivity index (χ0v) is 14.4. The maximum Gasteiger partial charge on any atom is 0.122 e. The lowest BCUT2D eigenvalue weighted by atomic mass is 9.86. The predicted molar refractivity (Wildman–Crippen MR) is 89.2 cm³/mol. The van der Waals surface area contributed by atoms with E-state index in [1.54, 1.807) is 6.92 Å². The first-order valence-electron chi connectivity index (χ1n) is 7.83. The third-order valence-corrected chi connectivity index (χ3v) is 3.51. The number of benzene rings is 1. The summed E-state index contributed by atoms with van der Waals surface area (Å²) >= 11 is 0. The van der Waals surface area contributed by atoms with E-state index in [0.717, 1.165) is 24.3 Å². The maximum atomic E-state index is 10.3. The molecule has 0 bridgehead atoms. The number of hydrogen-bond acceptors (Lipinski definition) is 3. The second-order valence-electron chi connectivity index (χ2n) is 7.19. The molecule has 0 spiro atoms. The SMILES string of the molecule is CCCNCC(C)(O)COc1ccc(C(C)(C)C)cc1C. The van der Waals surface area contributed by atoms with E-state index in [9.17, 15) is 5.11 Å². The quantitative estimate of drug-likeness (QED) is 0.757. The normalized spacial score (nSPS) is 14.8. The van der Waals surface area contributed by atoms with Crippen molar-refractivity contribution in [2.24, 2.45) is 0 Å². The van der Waals surface area contributed by atoms with Gasteiger partial charge in [-0.05, 0) is 49.4 Å². The first-order valence-corrected chi connectivity index (χ1v) is 7.83. The van der Waals surface area contributed by atoms with Crippen LogP contribution in [0.2, 0.25) is 0 Å². The molecule has 3 nitrogen and oxygen atoms in total. The Hall–Kier alpha value is -1.06. The van der Waals surface area contributed by atoms with Crippen LogP contribution in [0, 0.1) is 6.92 Å². The Kier molecular flexibility index (Phi) is 6.24. The van der Waals surface area contributed by atoms with Gasteiger partial charge in [0, 0.05) is 6.54 Å². The van der Waals surface area contributed by atoms with Crippen LogP contribution in [0.15, 0.2) is 18.2 Å². The van der Waals surface area contributed by atoms with Gasteiger partial charge < -0.3 is 15.2 Å². The Morgan fingerprint density at radius 2 is 1.86 bits per heavy atom. The number of nitrogens with one attached hydrogen (secondary N) is 1. The summed E-state index contributed by atoms with van der Waals surface area (Å²) in [4.78, 5) is 0. The van der Waals surface area contributed by atoms with E-state index in [1.807, 2.05) is 6.07 Å². The largest absolute Gasteiger partial charge is 0.490 e. The molecule has 1 rings (SSSR count). The average molecular weight is 293 g/mol. The number of aliphatic hydroxyl groups is 1. The van der Waals surface area contributed by atoms with Crippen molar-refractivity contribution in [3.8, 4) is 5.75 Å². The van der Waals surface area contributed by atoms with Crippen molar-refractivity contribution < 1.29 is 9.84 Å². The van der Waals surface area contributed by atoms with Gasteiger partial charge in [-0.3, -0.25) is 0 Å². The summed E-state index contributed by atoms with van der Waals surface area (Å²) in [7, 11) is 0. The predicted octanol–water partition coefficient (Wildman–Crippen LogP) is 3.42. The fraction of sp³-hybridized carbons (Fsp3) is 0.667. The third-order valence-electron chi connectivity index (χ3n) is 3.51. The first kappa shape index (κ1) is 18.0. The molecule has 2 N–H and O–H groups in total. The molecule has 120 valence electrons. The van der Waals surface area contributed by atoms with Crippen molar-refractivity contribution in [1.82, 2.24) is 5.32 Å². The molecule has 3 heteroatoms. The molecule has 0 fully saturated rings. The van der Waals surface area contributed by atoms with Crippen LogP contribution < -0.4 is 10.1 Å². The minimum absolute atomic E-state index is 0.138. The molecule has 0 aliphatic rings. The Balaban J connectivity index is 2.63. The molecule has 1 unspecified atom stereocenters. The van der Waals surface area contributed by atoms with Crippen LogP contribution in [0.25, 0.3) is 0 Å². The van der Waals surface area contributed by atoms with Gasteiger partial charge >= 0.3 is 0 Å². The Bertz CT molecular complexity index is 447. The fourth-order valence-electron chi connectivity index (χ4n) is 2.10. The van der Waals surface area contributed by atoms with E-state index in [2.05, 4.69) is 52.1 Å². The van der Waals surface area contributed by atoms with E-state index in [4.69, 9.17) is 4.74 Å². The van der Waals surface area contributed by atoms with Crippen molar-refractivity contribution in [2.45, 2.75) is 59.0 Å². The molecular weight excluding hydrogens is 262 g/mol. The Labute approximate surface area is 129 Å². The molecule has 21 heavy (non-hydrogen) atoms. The minimum atomic E-state index is -0.857. The van der Waals surface area contributed by atoms with Gasteiger partial charge in [0.15, 0.2) is 0 Å². The van der Waals surface area contributed by atoms with Crippen LogP contribution in [-0.2, 0) is 5.41 Å². The average Bonchev–Trinajstić information content (AvgIpc) is 2.36. The van der Waals surface area contributed by atoms with Crippen LogP contribution in [0.3, 0.4) is 0 Å². The molecule has 0 heterocycles. The lowest BCUT2D eigenvalue weighted by molar-refractivity contribution is 0.0123. The molecule has 1 atom stereocenters.